The monoisotopic (exact) mass is 380 g/mol. The number of hydrogen-bond donors (Lipinski definition) is 1. The van der Waals surface area contributed by atoms with Crippen molar-refractivity contribution in [2.24, 2.45) is 0 Å². The van der Waals surface area contributed by atoms with E-state index in [0.29, 0.717) is 12.6 Å². The standard InChI is InChI=1S/C15H20ClF3N4O2/c1-10(9-22-5-3-21(2)4-6-22)20-13-8-12(16)11(15(17,18)19)7-14(13)23(24)25/h7-8,10,20H,3-6,9H2,1-2H3. The van der Waals surface area contributed by atoms with E-state index >= 15 is 0 Å². The summed E-state index contributed by atoms with van der Waals surface area (Å²) in [6, 6.07) is 1.27. The van der Waals surface area contributed by atoms with Crippen LogP contribution in [0.1, 0.15) is 12.5 Å². The molecule has 1 saturated heterocycles. The molecule has 0 radical (unpaired) electrons. The zero-order chi connectivity index (χ0) is 18.8. The van der Waals surface area contributed by atoms with Crippen LogP contribution in [0, 0.1) is 10.1 Å². The van der Waals surface area contributed by atoms with Crippen molar-refractivity contribution < 1.29 is 18.1 Å². The largest absolute Gasteiger partial charge is 0.418 e. The molecule has 1 aliphatic heterocycles. The molecule has 0 saturated carbocycles. The zero-order valence-corrected chi connectivity index (χ0v) is 14.7. The normalized spacial score (nSPS) is 18.2. The lowest BCUT2D eigenvalue weighted by molar-refractivity contribution is -0.384. The maximum Gasteiger partial charge on any atom is 0.418 e. The third-order valence-corrected chi connectivity index (χ3v) is 4.43. The molecular formula is C15H20ClF3N4O2. The molecule has 1 aliphatic rings. The summed E-state index contributed by atoms with van der Waals surface area (Å²) in [7, 11) is 2.03. The summed E-state index contributed by atoms with van der Waals surface area (Å²) in [4.78, 5) is 14.7. The van der Waals surface area contributed by atoms with E-state index in [0.717, 1.165) is 32.2 Å². The van der Waals surface area contributed by atoms with Gasteiger partial charge in [-0.25, -0.2) is 0 Å². The fourth-order valence-corrected chi connectivity index (χ4v) is 3.05. The van der Waals surface area contributed by atoms with Gasteiger partial charge in [0.05, 0.1) is 15.5 Å². The number of alkyl halides is 3. The summed E-state index contributed by atoms with van der Waals surface area (Å²) in [5, 5.41) is 13.5. The summed E-state index contributed by atoms with van der Waals surface area (Å²) in [5.74, 6) is 0. The fourth-order valence-electron chi connectivity index (χ4n) is 2.77. The van der Waals surface area contributed by atoms with Crippen LogP contribution in [0.4, 0.5) is 24.5 Å². The van der Waals surface area contributed by atoms with Gasteiger partial charge in [-0.3, -0.25) is 15.0 Å². The summed E-state index contributed by atoms with van der Waals surface area (Å²) in [6.45, 7) is 6.06. The molecule has 1 N–H and O–H groups in total. The molecule has 1 aromatic carbocycles. The fraction of sp³-hybridized carbons (Fsp3) is 0.600. The van der Waals surface area contributed by atoms with Gasteiger partial charge in [-0.15, -0.1) is 0 Å². The lowest BCUT2D eigenvalue weighted by Crippen LogP contribution is -2.47. The maximum absolute atomic E-state index is 12.9. The number of piperazine rings is 1. The first-order chi connectivity index (χ1) is 11.6. The van der Waals surface area contributed by atoms with Gasteiger partial charge in [0.25, 0.3) is 5.69 Å². The second-order valence-electron chi connectivity index (χ2n) is 6.25. The highest BCUT2D eigenvalue weighted by atomic mass is 35.5. The van der Waals surface area contributed by atoms with Crippen LogP contribution in [0.25, 0.3) is 0 Å². The van der Waals surface area contributed by atoms with Crippen molar-refractivity contribution in [1.82, 2.24) is 9.80 Å². The Morgan fingerprint density at radius 3 is 2.44 bits per heavy atom. The first-order valence-corrected chi connectivity index (χ1v) is 8.18. The Morgan fingerprint density at radius 2 is 1.92 bits per heavy atom. The molecule has 0 bridgehead atoms. The van der Waals surface area contributed by atoms with Gasteiger partial charge >= 0.3 is 6.18 Å². The molecule has 140 valence electrons. The number of nitro groups is 1. The Morgan fingerprint density at radius 1 is 1.32 bits per heavy atom. The van der Waals surface area contributed by atoms with Gasteiger partial charge in [0.2, 0.25) is 0 Å². The predicted molar refractivity (Wildman–Crippen MR) is 90.1 cm³/mol. The number of hydrogen-bond acceptors (Lipinski definition) is 5. The van der Waals surface area contributed by atoms with Crippen LogP contribution in [0.15, 0.2) is 12.1 Å². The number of nitro benzene ring substituents is 1. The number of nitrogens with one attached hydrogen (secondary N) is 1. The minimum atomic E-state index is -4.74. The number of nitrogens with zero attached hydrogens (tertiary/aromatic N) is 3. The molecule has 1 unspecified atom stereocenters. The third-order valence-electron chi connectivity index (χ3n) is 4.12. The van der Waals surface area contributed by atoms with Crippen molar-refractivity contribution in [3.63, 3.8) is 0 Å². The van der Waals surface area contributed by atoms with Crippen LogP contribution in [0.5, 0.6) is 0 Å². The van der Waals surface area contributed by atoms with E-state index in [1.54, 1.807) is 0 Å². The second-order valence-corrected chi connectivity index (χ2v) is 6.66. The second kappa shape index (κ2) is 7.76. The van der Waals surface area contributed by atoms with Crippen molar-refractivity contribution in [1.29, 1.82) is 0 Å². The summed E-state index contributed by atoms with van der Waals surface area (Å²) in [6.07, 6.45) is -4.74. The van der Waals surface area contributed by atoms with Gasteiger partial charge in [-0.2, -0.15) is 13.2 Å². The molecule has 25 heavy (non-hydrogen) atoms. The predicted octanol–water partition coefficient (Wildman–Crippen LogP) is 3.31. The number of benzene rings is 1. The number of likely N-dealkylation sites (N-methyl/N-ethyl adjacent to an activating group) is 1. The number of anilines is 1. The van der Waals surface area contributed by atoms with E-state index in [1.165, 1.54) is 0 Å². The maximum atomic E-state index is 12.9. The molecule has 2 rings (SSSR count). The molecule has 0 amide bonds. The van der Waals surface area contributed by atoms with Crippen molar-refractivity contribution in [2.45, 2.75) is 19.1 Å². The Labute approximate surface area is 148 Å². The molecule has 0 spiro atoms. The Bertz CT molecular complexity index is 634. The van der Waals surface area contributed by atoms with Crippen LogP contribution >= 0.6 is 11.6 Å². The van der Waals surface area contributed by atoms with Crippen LogP contribution in [-0.2, 0) is 6.18 Å². The minimum absolute atomic E-state index is 0.00960. The topological polar surface area (TPSA) is 61.6 Å². The Balaban J connectivity index is 2.15. The third kappa shape index (κ3) is 5.20. The van der Waals surface area contributed by atoms with E-state index in [4.69, 9.17) is 11.6 Å². The zero-order valence-electron chi connectivity index (χ0n) is 13.9. The molecule has 1 fully saturated rings. The van der Waals surface area contributed by atoms with Gasteiger partial charge in [0.15, 0.2) is 0 Å². The highest BCUT2D eigenvalue weighted by Gasteiger charge is 2.36. The van der Waals surface area contributed by atoms with Crippen LogP contribution in [-0.4, -0.2) is 60.5 Å². The first-order valence-electron chi connectivity index (χ1n) is 7.80. The highest BCUT2D eigenvalue weighted by molar-refractivity contribution is 6.31. The summed E-state index contributed by atoms with van der Waals surface area (Å²) >= 11 is 5.68. The quantitative estimate of drug-likeness (QED) is 0.627. The molecule has 1 atom stereocenters. The minimum Gasteiger partial charge on any atom is -0.376 e. The van der Waals surface area contributed by atoms with Crippen molar-refractivity contribution in [2.75, 3.05) is 45.1 Å². The van der Waals surface area contributed by atoms with Gasteiger partial charge < -0.3 is 10.2 Å². The molecule has 6 nitrogen and oxygen atoms in total. The van der Waals surface area contributed by atoms with E-state index in [2.05, 4.69) is 15.1 Å². The van der Waals surface area contributed by atoms with Gasteiger partial charge in [-0.1, -0.05) is 11.6 Å². The number of rotatable bonds is 5. The lowest BCUT2D eigenvalue weighted by atomic mass is 10.1. The van der Waals surface area contributed by atoms with Gasteiger partial charge in [0, 0.05) is 44.8 Å². The molecular weight excluding hydrogens is 361 g/mol. The van der Waals surface area contributed by atoms with E-state index in [9.17, 15) is 23.3 Å². The average molecular weight is 381 g/mol. The Kier molecular flexibility index (Phi) is 6.12. The average Bonchev–Trinajstić information content (AvgIpc) is 2.48. The molecule has 1 heterocycles. The molecule has 1 aromatic rings. The van der Waals surface area contributed by atoms with Crippen molar-refractivity contribution >= 4 is 23.0 Å². The summed E-state index contributed by atoms with van der Waals surface area (Å²) < 4.78 is 38.7. The highest BCUT2D eigenvalue weighted by Crippen LogP contribution is 2.40. The SMILES string of the molecule is CC(CN1CCN(C)CC1)Nc1cc(Cl)c(C(F)(F)F)cc1[N+](=O)[O-]. The molecule has 0 aliphatic carbocycles. The van der Waals surface area contributed by atoms with Crippen LogP contribution < -0.4 is 5.32 Å². The smallest absolute Gasteiger partial charge is 0.376 e. The van der Waals surface area contributed by atoms with Crippen LogP contribution in [0.3, 0.4) is 0 Å². The van der Waals surface area contributed by atoms with Crippen LogP contribution in [0.2, 0.25) is 5.02 Å². The van der Waals surface area contributed by atoms with E-state index in [1.807, 2.05) is 14.0 Å². The van der Waals surface area contributed by atoms with Crippen molar-refractivity contribution in [3.8, 4) is 0 Å². The summed E-state index contributed by atoms with van der Waals surface area (Å²) in [5.41, 5.74) is -1.86. The Hall–Kier alpha value is -1.58. The number of halogens is 4. The van der Waals surface area contributed by atoms with Gasteiger partial charge in [-0.05, 0) is 20.0 Å². The lowest BCUT2D eigenvalue weighted by Gasteiger charge is -2.34. The first kappa shape index (κ1) is 19.7. The van der Waals surface area contributed by atoms with E-state index < -0.39 is 27.4 Å². The van der Waals surface area contributed by atoms with E-state index in [-0.39, 0.29) is 11.7 Å². The van der Waals surface area contributed by atoms with Gasteiger partial charge in [0.1, 0.15) is 5.69 Å². The molecule has 10 heteroatoms. The molecule has 0 aromatic heterocycles. The van der Waals surface area contributed by atoms with Crippen molar-refractivity contribution in [3.05, 3.63) is 32.8 Å².